The minimum Gasteiger partial charge on any atom is -0.515 e. The van der Waals surface area contributed by atoms with Crippen LogP contribution >= 0.6 is 0 Å². The van der Waals surface area contributed by atoms with Crippen molar-refractivity contribution in [3.8, 4) is 33.8 Å². The van der Waals surface area contributed by atoms with Gasteiger partial charge in [0.1, 0.15) is 5.75 Å². The maximum absolute atomic E-state index is 6.29. The monoisotopic (exact) mass is 387 g/mol. The molecule has 1 nitrogen and oxygen atoms in total. The van der Waals surface area contributed by atoms with Crippen LogP contribution in [0.5, 0.6) is 11.5 Å². The van der Waals surface area contributed by atoms with Crippen LogP contribution in [-0.2, 0) is 17.4 Å². The largest absolute Gasteiger partial charge is 0.515 e. The van der Waals surface area contributed by atoms with Crippen LogP contribution in [0.4, 0.5) is 0 Å². The van der Waals surface area contributed by atoms with Crippen LogP contribution in [0.2, 0.25) is 0 Å². The van der Waals surface area contributed by atoms with E-state index in [4.69, 9.17) is 4.74 Å². The predicted molar refractivity (Wildman–Crippen MR) is 108 cm³/mol. The Morgan fingerprint density at radius 2 is 1.07 bits per heavy atom. The summed E-state index contributed by atoms with van der Waals surface area (Å²) >= 11 is 0. The molecule has 27 heavy (non-hydrogen) atoms. The molecule has 0 bridgehead atoms. The Labute approximate surface area is 171 Å². The van der Waals surface area contributed by atoms with Gasteiger partial charge >= 0.3 is 0 Å². The molecule has 0 saturated heterocycles. The fourth-order valence-corrected chi connectivity index (χ4v) is 3.10. The Morgan fingerprint density at radius 3 is 1.67 bits per heavy atom. The van der Waals surface area contributed by atoms with Crippen LogP contribution in [0.15, 0.2) is 103 Å². The molecular formula is C25H19CrO-. The van der Waals surface area contributed by atoms with Crippen LogP contribution < -0.4 is 4.74 Å². The van der Waals surface area contributed by atoms with Gasteiger partial charge in [0, 0.05) is 23.1 Å². The quantitative estimate of drug-likeness (QED) is 0.343. The summed E-state index contributed by atoms with van der Waals surface area (Å²) in [5.41, 5.74) is 5.34. The topological polar surface area (TPSA) is 9.23 Å². The molecule has 4 aromatic rings. The number of ether oxygens (including phenoxy) is 1. The Balaban J connectivity index is 0.00000210. The van der Waals surface area contributed by atoms with Gasteiger partial charge in [-0.15, -0.1) is 6.07 Å². The smallest absolute Gasteiger partial charge is 0.110 e. The zero-order chi connectivity index (χ0) is 17.8. The minimum absolute atomic E-state index is 0. The maximum Gasteiger partial charge on any atom is 0.110 e. The second-order valence-corrected chi connectivity index (χ2v) is 6.12. The Hall–Kier alpha value is -2.92. The number of rotatable bonds is 4. The summed E-state index contributed by atoms with van der Waals surface area (Å²) in [6, 6.07) is 34.7. The van der Waals surface area contributed by atoms with Crippen molar-refractivity contribution in [2.24, 2.45) is 0 Å². The van der Waals surface area contributed by atoms with Crippen LogP contribution in [0, 0.1) is 6.92 Å². The fraction of sp³-hybridized carbons (Fsp3) is 0. The average Bonchev–Trinajstić information content (AvgIpc) is 2.71. The van der Waals surface area contributed by atoms with E-state index in [0.29, 0.717) is 0 Å². The molecule has 0 unspecified atom stereocenters. The van der Waals surface area contributed by atoms with Crippen molar-refractivity contribution in [2.75, 3.05) is 0 Å². The average molecular weight is 387 g/mol. The number of benzene rings is 4. The zero-order valence-corrected chi connectivity index (χ0v) is 16.1. The van der Waals surface area contributed by atoms with Crippen molar-refractivity contribution in [1.29, 1.82) is 0 Å². The Bertz CT molecular complexity index is 996. The Kier molecular flexibility index (Phi) is 6.04. The standard InChI is InChI=1S/C25H19O.Cr/c1-19-17-18-23(20-11-5-2-6-12-20)24(21-13-7-3-8-14-21)25(19)26-22-15-9-4-10-16-22;/h2-18H,1H2;/q-1;. The molecule has 0 spiro atoms. The molecule has 0 saturated carbocycles. The van der Waals surface area contributed by atoms with E-state index in [9.17, 15) is 0 Å². The molecule has 0 aliphatic rings. The van der Waals surface area contributed by atoms with Crippen LogP contribution in [-0.4, -0.2) is 0 Å². The third-order valence-corrected chi connectivity index (χ3v) is 4.35. The summed E-state index contributed by atoms with van der Waals surface area (Å²) in [6.45, 7) is 4.21. The molecule has 0 aromatic heterocycles. The van der Waals surface area contributed by atoms with E-state index in [-0.39, 0.29) is 17.4 Å². The summed E-state index contributed by atoms with van der Waals surface area (Å²) in [4.78, 5) is 0. The number of hydrogen-bond donors (Lipinski definition) is 0. The first kappa shape index (κ1) is 18.9. The first-order valence-corrected chi connectivity index (χ1v) is 8.65. The van der Waals surface area contributed by atoms with E-state index in [2.05, 4.69) is 49.4 Å². The molecule has 2 heteroatoms. The van der Waals surface area contributed by atoms with Crippen molar-refractivity contribution in [2.45, 2.75) is 0 Å². The molecular weight excluding hydrogens is 368 g/mol. The molecule has 0 aliphatic carbocycles. The van der Waals surface area contributed by atoms with Gasteiger partial charge in [0.25, 0.3) is 0 Å². The first-order valence-electron chi connectivity index (χ1n) is 8.65. The molecule has 0 fully saturated rings. The van der Waals surface area contributed by atoms with E-state index < -0.39 is 0 Å². The minimum atomic E-state index is 0. The van der Waals surface area contributed by atoms with Gasteiger partial charge in [0.2, 0.25) is 0 Å². The van der Waals surface area contributed by atoms with E-state index in [1.165, 1.54) is 0 Å². The normalized spacial score (nSPS) is 10.1. The third kappa shape index (κ3) is 4.09. The van der Waals surface area contributed by atoms with Gasteiger partial charge in [-0.2, -0.15) is 18.6 Å². The van der Waals surface area contributed by atoms with Gasteiger partial charge in [0.05, 0.1) is 0 Å². The first-order chi connectivity index (χ1) is 12.8. The number of para-hydroxylation sites is 1. The van der Waals surface area contributed by atoms with Crippen molar-refractivity contribution in [3.63, 3.8) is 0 Å². The van der Waals surface area contributed by atoms with Crippen LogP contribution in [0.25, 0.3) is 22.3 Å². The molecule has 0 N–H and O–H groups in total. The summed E-state index contributed by atoms with van der Waals surface area (Å²) in [5.74, 6) is 1.60. The molecule has 0 aliphatic heterocycles. The fourth-order valence-electron chi connectivity index (χ4n) is 3.10. The van der Waals surface area contributed by atoms with Crippen molar-refractivity contribution in [3.05, 3.63) is 116 Å². The zero-order valence-electron chi connectivity index (χ0n) is 14.8. The molecule has 0 heterocycles. The summed E-state index contributed by atoms with van der Waals surface area (Å²) in [5, 5.41) is 0. The summed E-state index contributed by atoms with van der Waals surface area (Å²) in [6.07, 6.45) is 0. The molecule has 0 radical (unpaired) electrons. The summed E-state index contributed by atoms with van der Waals surface area (Å²) < 4.78 is 6.29. The van der Waals surface area contributed by atoms with Gasteiger partial charge in [-0.05, 0) is 34.4 Å². The SMILES string of the molecule is [CH2-]c1ccc(-c2ccccc2)c(-c2ccccc2)c1Oc1ccccc1.[Cr]. The van der Waals surface area contributed by atoms with Gasteiger partial charge < -0.3 is 4.74 Å². The molecule has 0 amide bonds. The second kappa shape index (κ2) is 8.65. The summed E-state index contributed by atoms with van der Waals surface area (Å²) in [7, 11) is 0. The third-order valence-electron chi connectivity index (χ3n) is 4.35. The van der Waals surface area contributed by atoms with E-state index in [1.54, 1.807) is 0 Å². The van der Waals surface area contributed by atoms with Crippen molar-refractivity contribution < 1.29 is 22.1 Å². The van der Waals surface area contributed by atoms with E-state index in [1.807, 2.05) is 60.7 Å². The Morgan fingerprint density at radius 1 is 0.556 bits per heavy atom. The predicted octanol–water partition coefficient (Wildman–Crippen LogP) is 6.99. The number of hydrogen-bond acceptors (Lipinski definition) is 1. The van der Waals surface area contributed by atoms with Gasteiger partial charge in [-0.3, -0.25) is 0 Å². The van der Waals surface area contributed by atoms with Gasteiger partial charge in [-0.1, -0.05) is 78.9 Å². The molecule has 0 atom stereocenters. The van der Waals surface area contributed by atoms with Crippen molar-refractivity contribution >= 4 is 0 Å². The molecule has 4 rings (SSSR count). The molecule has 132 valence electrons. The molecule has 4 aromatic carbocycles. The van der Waals surface area contributed by atoms with Gasteiger partial charge in [-0.25, -0.2) is 0 Å². The van der Waals surface area contributed by atoms with E-state index >= 15 is 0 Å². The van der Waals surface area contributed by atoms with Crippen LogP contribution in [0.1, 0.15) is 5.56 Å². The second-order valence-electron chi connectivity index (χ2n) is 6.12. The van der Waals surface area contributed by atoms with E-state index in [0.717, 1.165) is 39.3 Å². The van der Waals surface area contributed by atoms with Gasteiger partial charge in [0.15, 0.2) is 0 Å². The maximum atomic E-state index is 6.29. The van der Waals surface area contributed by atoms with Crippen LogP contribution in [0.3, 0.4) is 0 Å². The van der Waals surface area contributed by atoms with Crippen molar-refractivity contribution in [1.82, 2.24) is 0 Å².